The summed E-state index contributed by atoms with van der Waals surface area (Å²) in [5.41, 5.74) is 10.6. The van der Waals surface area contributed by atoms with Crippen molar-refractivity contribution in [2.45, 2.75) is 0 Å². The third-order valence-corrected chi connectivity index (χ3v) is 15.7. The molecule has 72 heavy (non-hydrogen) atoms. The van der Waals surface area contributed by atoms with E-state index >= 15 is 0 Å². The molecule has 0 bridgehead atoms. The molecule has 0 amide bonds. The Kier molecular flexibility index (Phi) is 9.10. The van der Waals surface area contributed by atoms with Gasteiger partial charge in [0.05, 0.1) is 16.7 Å². The van der Waals surface area contributed by atoms with Crippen LogP contribution in [0.2, 0.25) is 0 Å². The highest BCUT2D eigenvalue weighted by Crippen LogP contribution is 2.47. The molecular weight excluding hydrogens is 893 g/mol. The lowest BCUT2D eigenvalue weighted by Crippen LogP contribution is -2.04. The molecule has 0 atom stereocenters. The summed E-state index contributed by atoms with van der Waals surface area (Å²) >= 11 is 1.81. The highest BCUT2D eigenvalue weighted by Gasteiger charge is 2.25. The van der Waals surface area contributed by atoms with Gasteiger partial charge < -0.3 is 4.57 Å². The molecule has 12 aromatic carbocycles. The van der Waals surface area contributed by atoms with Gasteiger partial charge in [-0.3, -0.25) is 0 Å². The van der Waals surface area contributed by atoms with Gasteiger partial charge in [-0.2, -0.15) is 0 Å². The first-order valence-corrected chi connectivity index (χ1v) is 25.2. The van der Waals surface area contributed by atoms with Crippen molar-refractivity contribution in [2.75, 3.05) is 0 Å². The smallest absolute Gasteiger partial charge is 0.165 e. The van der Waals surface area contributed by atoms with E-state index < -0.39 is 0 Å². The Morgan fingerprint density at radius 1 is 0.292 bits per heavy atom. The summed E-state index contributed by atoms with van der Waals surface area (Å²) in [5.74, 6) is 1.84. The summed E-state index contributed by atoms with van der Waals surface area (Å²) < 4.78 is 5.00. The van der Waals surface area contributed by atoms with Gasteiger partial charge in [0, 0.05) is 53.0 Å². The van der Waals surface area contributed by atoms with Crippen LogP contribution in [0.5, 0.6) is 0 Å². The van der Waals surface area contributed by atoms with Crippen LogP contribution in [0.25, 0.3) is 147 Å². The second-order valence-corrected chi connectivity index (χ2v) is 19.8. The molecule has 4 nitrogen and oxygen atoms in total. The third kappa shape index (κ3) is 6.41. The van der Waals surface area contributed by atoms with Gasteiger partial charge in [-0.05, 0) is 115 Å². The van der Waals surface area contributed by atoms with Gasteiger partial charge in [0.2, 0.25) is 0 Å². The zero-order valence-corrected chi connectivity index (χ0v) is 39.6. The van der Waals surface area contributed by atoms with Gasteiger partial charge >= 0.3 is 0 Å². The van der Waals surface area contributed by atoms with E-state index in [2.05, 4.69) is 247 Å². The summed E-state index contributed by atoms with van der Waals surface area (Å²) in [6.45, 7) is 0. The number of fused-ring (bicyclic) bond motifs is 11. The van der Waals surface area contributed by atoms with Crippen LogP contribution < -0.4 is 0 Å². The Bertz CT molecular complexity index is 4700. The number of aromatic nitrogens is 4. The number of benzene rings is 12. The molecule has 0 aliphatic heterocycles. The summed E-state index contributed by atoms with van der Waals surface area (Å²) in [6.07, 6.45) is 0. The first-order chi connectivity index (χ1) is 35.7. The van der Waals surface area contributed by atoms with Crippen molar-refractivity contribution in [3.8, 4) is 62.1 Å². The number of hydrogen-bond donors (Lipinski definition) is 0. The summed E-state index contributed by atoms with van der Waals surface area (Å²) in [7, 11) is 0. The maximum atomic E-state index is 5.60. The largest absolute Gasteiger partial charge is 0.309 e. The van der Waals surface area contributed by atoms with E-state index in [1.165, 1.54) is 52.5 Å². The number of nitrogens with zero attached hydrogens (tertiary/aromatic N) is 4. The highest BCUT2D eigenvalue weighted by molar-refractivity contribution is 7.25. The molecule has 0 spiro atoms. The minimum Gasteiger partial charge on any atom is -0.309 e. The van der Waals surface area contributed by atoms with Crippen LogP contribution in [0.1, 0.15) is 0 Å². The van der Waals surface area contributed by atoms with Crippen molar-refractivity contribution in [3.63, 3.8) is 0 Å². The predicted molar refractivity (Wildman–Crippen MR) is 304 cm³/mol. The maximum absolute atomic E-state index is 5.60. The number of rotatable bonds is 6. The molecule has 0 saturated heterocycles. The maximum Gasteiger partial charge on any atom is 0.165 e. The second kappa shape index (κ2) is 16.1. The van der Waals surface area contributed by atoms with Crippen LogP contribution in [-0.4, -0.2) is 19.5 Å². The van der Waals surface area contributed by atoms with Crippen LogP contribution in [0, 0.1) is 0 Å². The van der Waals surface area contributed by atoms with E-state index in [4.69, 9.17) is 15.0 Å². The zero-order chi connectivity index (χ0) is 47.3. The standard InChI is InChI=1S/C67H40N4S/c1-2-16-41(17-3-1)44-23-14-24-47(36-44)65-68-66(48-33-35-62-55(38-48)53-28-12-13-31-61(53)72-62)70-67(69-65)64-54-29-11-10-27-52(54)60(40-56(64)51-30-15-22-42-18-6-8-25-49(42)51)71-58-34-32-43-19-7-9-26-50(43)63(58)57-37-45-20-4-5-21-46(45)39-59(57)71/h1-40H. The summed E-state index contributed by atoms with van der Waals surface area (Å²) in [6, 6.07) is 87.8. The first-order valence-electron chi connectivity index (χ1n) is 24.4. The topological polar surface area (TPSA) is 43.6 Å². The van der Waals surface area contributed by atoms with Crippen molar-refractivity contribution in [1.82, 2.24) is 19.5 Å². The molecule has 0 saturated carbocycles. The van der Waals surface area contributed by atoms with Crippen molar-refractivity contribution in [3.05, 3.63) is 243 Å². The van der Waals surface area contributed by atoms with E-state index in [0.29, 0.717) is 17.5 Å². The molecule has 0 aliphatic rings. The van der Waals surface area contributed by atoms with Gasteiger partial charge in [-0.25, -0.2) is 15.0 Å². The minimum atomic E-state index is 0.611. The Labute approximate surface area is 418 Å². The van der Waals surface area contributed by atoms with Gasteiger partial charge in [0.15, 0.2) is 17.5 Å². The second-order valence-electron chi connectivity index (χ2n) is 18.7. The quantitative estimate of drug-likeness (QED) is 0.167. The Hall–Kier alpha value is -9.29. The van der Waals surface area contributed by atoms with Gasteiger partial charge in [0.1, 0.15) is 0 Å². The lowest BCUT2D eigenvalue weighted by molar-refractivity contribution is 1.08. The lowest BCUT2D eigenvalue weighted by atomic mass is 9.89. The fourth-order valence-corrected chi connectivity index (χ4v) is 12.4. The fraction of sp³-hybridized carbons (Fsp3) is 0. The average molecular weight is 933 g/mol. The summed E-state index contributed by atoms with van der Waals surface area (Å²) in [4.78, 5) is 16.6. The van der Waals surface area contributed by atoms with Gasteiger partial charge in [-0.1, -0.05) is 188 Å². The molecule has 334 valence electrons. The van der Waals surface area contributed by atoms with Crippen LogP contribution in [0.4, 0.5) is 0 Å². The van der Waals surface area contributed by atoms with E-state index in [1.54, 1.807) is 0 Å². The summed E-state index contributed by atoms with van der Waals surface area (Å²) in [5, 5.41) is 14.2. The molecule has 3 aromatic heterocycles. The monoisotopic (exact) mass is 932 g/mol. The first kappa shape index (κ1) is 40.6. The van der Waals surface area contributed by atoms with E-state index in [0.717, 1.165) is 77.2 Å². The van der Waals surface area contributed by atoms with Crippen molar-refractivity contribution < 1.29 is 0 Å². The SMILES string of the molecule is c1ccc(-c2cccc(-c3nc(-c4ccc5sc6ccccc6c5c4)nc(-c4c(-c5cccc6ccccc56)cc(-n5c6cc7ccccc7cc6c6c7ccccc7ccc65)c5ccccc45)n3)c2)cc1. The van der Waals surface area contributed by atoms with Crippen LogP contribution in [0.3, 0.4) is 0 Å². The Balaban J connectivity index is 1.07. The fourth-order valence-electron chi connectivity index (χ4n) is 11.3. The molecular formula is C67H40N4S. The zero-order valence-electron chi connectivity index (χ0n) is 38.8. The molecule has 5 heteroatoms. The van der Waals surface area contributed by atoms with Crippen molar-refractivity contribution in [2.24, 2.45) is 0 Å². The molecule has 0 fully saturated rings. The average Bonchev–Trinajstić information content (AvgIpc) is 3.99. The van der Waals surface area contributed by atoms with Crippen molar-refractivity contribution in [1.29, 1.82) is 0 Å². The van der Waals surface area contributed by atoms with Crippen LogP contribution >= 0.6 is 11.3 Å². The predicted octanol–water partition coefficient (Wildman–Crippen LogP) is 18.3. The van der Waals surface area contributed by atoms with E-state index in [1.807, 2.05) is 11.3 Å². The van der Waals surface area contributed by atoms with Crippen LogP contribution in [-0.2, 0) is 0 Å². The molecule has 0 N–H and O–H groups in total. The molecule has 15 aromatic rings. The highest BCUT2D eigenvalue weighted by atomic mass is 32.1. The minimum absolute atomic E-state index is 0.611. The van der Waals surface area contributed by atoms with Gasteiger partial charge in [-0.15, -0.1) is 11.3 Å². The molecule has 0 radical (unpaired) electrons. The Morgan fingerprint density at radius 3 is 1.69 bits per heavy atom. The van der Waals surface area contributed by atoms with Gasteiger partial charge in [0.25, 0.3) is 0 Å². The number of thiophene rings is 1. The van der Waals surface area contributed by atoms with E-state index in [-0.39, 0.29) is 0 Å². The molecule has 3 heterocycles. The van der Waals surface area contributed by atoms with E-state index in [9.17, 15) is 0 Å². The molecule has 15 rings (SSSR count). The lowest BCUT2D eigenvalue weighted by Gasteiger charge is -2.20. The Morgan fingerprint density at radius 2 is 0.875 bits per heavy atom. The molecule has 0 unspecified atom stereocenters. The van der Waals surface area contributed by atoms with Crippen LogP contribution in [0.15, 0.2) is 243 Å². The van der Waals surface area contributed by atoms with Crippen molar-refractivity contribution >= 4 is 96.4 Å². The molecule has 0 aliphatic carbocycles. The normalized spacial score (nSPS) is 11.9. The third-order valence-electron chi connectivity index (χ3n) is 14.6. The number of hydrogen-bond acceptors (Lipinski definition) is 4.